The third kappa shape index (κ3) is 4.98. The van der Waals surface area contributed by atoms with Crippen molar-refractivity contribution < 1.29 is 23.7 Å². The fraction of sp³-hybridized carbons (Fsp3) is 0.333. The van der Waals surface area contributed by atoms with Gasteiger partial charge in [-0.2, -0.15) is 0 Å². The first-order chi connectivity index (χ1) is 17.0. The van der Waals surface area contributed by atoms with E-state index in [0.717, 1.165) is 30.4 Å². The number of nitrogens with one attached hydrogen (secondary N) is 1. The lowest BCUT2D eigenvalue weighted by Gasteiger charge is -2.18. The molecule has 35 heavy (non-hydrogen) atoms. The molecule has 1 aliphatic rings. The topological polar surface area (TPSA) is 78.4 Å². The molecule has 3 aromatic rings. The van der Waals surface area contributed by atoms with Crippen LogP contribution in [-0.2, 0) is 12.8 Å². The molecule has 1 aliphatic carbocycles. The number of amides is 1. The number of anilines is 1. The Morgan fingerprint density at radius 3 is 2.46 bits per heavy atom. The van der Waals surface area contributed by atoms with E-state index in [1.165, 1.54) is 4.88 Å². The van der Waals surface area contributed by atoms with Crippen molar-refractivity contribution in [2.75, 3.05) is 33.8 Å². The molecule has 7 nitrogen and oxygen atoms in total. The van der Waals surface area contributed by atoms with E-state index in [9.17, 15) is 4.79 Å². The van der Waals surface area contributed by atoms with E-state index in [2.05, 4.69) is 12.2 Å². The second-order valence-electron chi connectivity index (χ2n) is 8.37. The normalized spacial score (nSPS) is 14.9. The predicted octanol–water partition coefficient (Wildman–Crippen LogP) is 5.91. The summed E-state index contributed by atoms with van der Waals surface area (Å²) in [5, 5.41) is 3.70. The number of benzene rings is 2. The number of carbonyl (C=O) groups is 1. The summed E-state index contributed by atoms with van der Waals surface area (Å²) in [6, 6.07) is 11.0. The molecule has 1 atom stereocenters. The number of thiophene rings is 1. The number of aliphatic imine (C=N–C) groups is 1. The molecule has 2 aromatic carbocycles. The maximum atomic E-state index is 13.5. The first kappa shape index (κ1) is 24.6. The van der Waals surface area contributed by atoms with Crippen molar-refractivity contribution in [3.8, 4) is 23.0 Å². The van der Waals surface area contributed by atoms with Crippen LogP contribution in [0.2, 0.25) is 0 Å². The number of rotatable bonds is 8. The number of carbonyl (C=O) groups excluding carboxylic acids is 1. The zero-order chi connectivity index (χ0) is 24.9. The van der Waals surface area contributed by atoms with Gasteiger partial charge in [-0.15, -0.1) is 11.3 Å². The summed E-state index contributed by atoms with van der Waals surface area (Å²) in [4.78, 5) is 19.5. The van der Waals surface area contributed by atoms with E-state index in [4.69, 9.17) is 23.9 Å². The maximum Gasteiger partial charge on any atom is 0.259 e. The second kappa shape index (κ2) is 10.8. The van der Waals surface area contributed by atoms with Crippen molar-refractivity contribution in [3.63, 3.8) is 0 Å². The predicted molar refractivity (Wildman–Crippen MR) is 140 cm³/mol. The van der Waals surface area contributed by atoms with Crippen LogP contribution in [0.3, 0.4) is 0 Å². The van der Waals surface area contributed by atoms with Crippen LogP contribution in [0, 0.1) is 5.92 Å². The van der Waals surface area contributed by atoms with Crippen molar-refractivity contribution in [1.82, 2.24) is 0 Å². The lowest BCUT2D eigenvalue weighted by molar-refractivity contribution is 0.102. The minimum atomic E-state index is -0.187. The highest BCUT2D eigenvalue weighted by Gasteiger charge is 2.28. The van der Waals surface area contributed by atoms with Crippen LogP contribution >= 0.6 is 11.3 Å². The summed E-state index contributed by atoms with van der Waals surface area (Å²) in [6.07, 6.45) is 4.56. The smallest absolute Gasteiger partial charge is 0.259 e. The highest BCUT2D eigenvalue weighted by Crippen LogP contribution is 2.43. The summed E-state index contributed by atoms with van der Waals surface area (Å²) < 4.78 is 21.9. The summed E-state index contributed by atoms with van der Waals surface area (Å²) in [5.74, 6) is 2.58. The number of hydrogen-bond donors (Lipinski definition) is 1. The molecular weight excluding hydrogens is 464 g/mol. The van der Waals surface area contributed by atoms with Gasteiger partial charge in [0.2, 0.25) is 5.75 Å². The van der Waals surface area contributed by atoms with E-state index in [1.807, 2.05) is 30.3 Å². The van der Waals surface area contributed by atoms with Gasteiger partial charge in [0.05, 0.1) is 39.7 Å². The van der Waals surface area contributed by atoms with Crippen LogP contribution in [0.5, 0.6) is 23.0 Å². The molecule has 184 valence electrons. The number of nitrogens with zero attached hydrogens (tertiary/aromatic N) is 1. The first-order valence-electron chi connectivity index (χ1n) is 11.4. The van der Waals surface area contributed by atoms with Gasteiger partial charge in [0.25, 0.3) is 5.91 Å². The zero-order valence-corrected chi connectivity index (χ0v) is 21.5. The number of hydrogen-bond acceptors (Lipinski definition) is 7. The second-order valence-corrected chi connectivity index (χ2v) is 9.45. The Labute approximate surface area is 209 Å². The minimum absolute atomic E-state index is 0.187. The maximum absolute atomic E-state index is 13.5. The molecule has 0 saturated carbocycles. The summed E-state index contributed by atoms with van der Waals surface area (Å²) in [5.41, 5.74) is 3.06. The van der Waals surface area contributed by atoms with Gasteiger partial charge >= 0.3 is 0 Å². The summed E-state index contributed by atoms with van der Waals surface area (Å²) in [7, 11) is 6.31. The molecule has 1 aromatic heterocycles. The molecule has 4 rings (SSSR count). The summed E-state index contributed by atoms with van der Waals surface area (Å²) >= 11 is 1.58. The SMILES string of the molecule is COc1ccccc1NC(=O)c1c(/N=C/c2ccc(OC)c(OC)c2OC)sc2c1CCC(C)C2. The van der Waals surface area contributed by atoms with Crippen molar-refractivity contribution >= 4 is 34.1 Å². The third-order valence-electron chi connectivity index (χ3n) is 6.13. The monoisotopic (exact) mass is 494 g/mol. The van der Waals surface area contributed by atoms with Crippen molar-refractivity contribution in [2.24, 2.45) is 10.9 Å². The number of fused-ring (bicyclic) bond motifs is 1. The van der Waals surface area contributed by atoms with Gasteiger partial charge in [0.15, 0.2) is 11.5 Å². The Morgan fingerprint density at radius 1 is 1.00 bits per heavy atom. The zero-order valence-electron chi connectivity index (χ0n) is 20.6. The Morgan fingerprint density at radius 2 is 1.74 bits per heavy atom. The van der Waals surface area contributed by atoms with Gasteiger partial charge in [0.1, 0.15) is 10.8 Å². The van der Waals surface area contributed by atoms with Crippen molar-refractivity contribution in [3.05, 3.63) is 58.0 Å². The molecule has 1 N–H and O–H groups in total. The lowest BCUT2D eigenvalue weighted by atomic mass is 9.88. The van der Waals surface area contributed by atoms with E-state index in [-0.39, 0.29) is 5.91 Å². The van der Waals surface area contributed by atoms with E-state index >= 15 is 0 Å². The third-order valence-corrected chi connectivity index (χ3v) is 7.29. The van der Waals surface area contributed by atoms with Crippen molar-refractivity contribution in [1.29, 1.82) is 0 Å². The minimum Gasteiger partial charge on any atom is -0.495 e. The van der Waals surface area contributed by atoms with Crippen LogP contribution in [-0.4, -0.2) is 40.6 Å². The molecule has 1 unspecified atom stereocenters. The Balaban J connectivity index is 1.75. The van der Waals surface area contributed by atoms with Crippen LogP contribution in [0.25, 0.3) is 0 Å². The number of para-hydroxylation sites is 2. The largest absolute Gasteiger partial charge is 0.495 e. The average molecular weight is 495 g/mol. The Bertz CT molecular complexity index is 1250. The molecule has 1 heterocycles. The fourth-order valence-corrected chi connectivity index (χ4v) is 5.70. The van der Waals surface area contributed by atoms with Crippen LogP contribution in [0.15, 0.2) is 41.4 Å². The van der Waals surface area contributed by atoms with Gasteiger partial charge in [-0.25, -0.2) is 4.99 Å². The molecule has 0 fully saturated rings. The van der Waals surface area contributed by atoms with Gasteiger partial charge in [-0.1, -0.05) is 19.1 Å². The molecule has 0 radical (unpaired) electrons. The molecule has 8 heteroatoms. The van der Waals surface area contributed by atoms with Gasteiger partial charge < -0.3 is 24.3 Å². The van der Waals surface area contributed by atoms with E-state index in [0.29, 0.717) is 45.2 Å². The van der Waals surface area contributed by atoms with Crippen molar-refractivity contribution in [2.45, 2.75) is 26.2 Å². The van der Waals surface area contributed by atoms with E-state index in [1.54, 1.807) is 52.1 Å². The van der Waals surface area contributed by atoms with Gasteiger partial charge in [-0.05, 0) is 55.0 Å². The Hall–Kier alpha value is -3.52. The molecular formula is C27H30N2O5S. The molecule has 0 spiro atoms. The van der Waals surface area contributed by atoms with Gasteiger partial charge in [0, 0.05) is 16.7 Å². The summed E-state index contributed by atoms with van der Waals surface area (Å²) in [6.45, 7) is 2.24. The van der Waals surface area contributed by atoms with Crippen LogP contribution < -0.4 is 24.3 Å². The molecule has 0 bridgehead atoms. The number of ether oxygens (including phenoxy) is 4. The first-order valence-corrected chi connectivity index (χ1v) is 12.2. The van der Waals surface area contributed by atoms with Gasteiger partial charge in [-0.3, -0.25) is 4.79 Å². The lowest BCUT2D eigenvalue weighted by Crippen LogP contribution is -2.17. The van der Waals surface area contributed by atoms with Crippen LogP contribution in [0.1, 0.15) is 39.7 Å². The fourth-order valence-electron chi connectivity index (χ4n) is 4.35. The molecule has 0 saturated heterocycles. The number of methoxy groups -OCH3 is 4. The highest BCUT2D eigenvalue weighted by atomic mass is 32.1. The standard InChI is InChI=1S/C27H30N2O5S/c1-16-10-12-18-22(14-16)35-27(23(18)26(30)29-19-8-6-7-9-20(19)31-2)28-15-17-11-13-21(32-3)25(34-5)24(17)33-4/h6-9,11,13,15-16H,10,12,14H2,1-5H3,(H,29,30)/b28-15+. The quantitative estimate of drug-likeness (QED) is 0.394. The van der Waals surface area contributed by atoms with E-state index < -0.39 is 0 Å². The highest BCUT2D eigenvalue weighted by molar-refractivity contribution is 7.16. The van der Waals surface area contributed by atoms with Crippen LogP contribution in [0.4, 0.5) is 10.7 Å². The Kier molecular flexibility index (Phi) is 7.60. The molecule has 1 amide bonds. The molecule has 0 aliphatic heterocycles. The average Bonchev–Trinajstić information content (AvgIpc) is 3.24.